The second-order valence-electron chi connectivity index (χ2n) is 13.7. The van der Waals surface area contributed by atoms with E-state index in [-0.39, 0.29) is 31.4 Å². The number of hydrogen-bond acceptors (Lipinski definition) is 8. The van der Waals surface area contributed by atoms with Gasteiger partial charge in [-0.3, -0.25) is 28.8 Å². The van der Waals surface area contributed by atoms with Crippen LogP contribution in [0.25, 0.3) is 0 Å². The van der Waals surface area contributed by atoms with Crippen molar-refractivity contribution in [1.29, 1.82) is 0 Å². The highest BCUT2D eigenvalue weighted by Gasteiger charge is 2.43. The van der Waals surface area contributed by atoms with Gasteiger partial charge in [0.05, 0.1) is 19.2 Å². The number of ether oxygens (including phenoxy) is 1. The number of amides is 6. The molecule has 48 heavy (non-hydrogen) atoms. The fourth-order valence-electron chi connectivity index (χ4n) is 5.15. The van der Waals surface area contributed by atoms with E-state index in [0.717, 1.165) is 0 Å². The molecule has 1 aliphatic heterocycles. The van der Waals surface area contributed by atoms with Gasteiger partial charge in [0.15, 0.2) is 0 Å². The van der Waals surface area contributed by atoms with Gasteiger partial charge in [-0.05, 0) is 36.2 Å². The molecule has 0 saturated carbocycles. The Kier molecular flexibility index (Phi) is 15.0. The fourth-order valence-corrected chi connectivity index (χ4v) is 5.15. The summed E-state index contributed by atoms with van der Waals surface area (Å²) in [5, 5.41) is 10.2. The van der Waals surface area contributed by atoms with Gasteiger partial charge in [0.1, 0.15) is 18.1 Å². The molecule has 6 amide bonds. The van der Waals surface area contributed by atoms with E-state index in [4.69, 9.17) is 4.74 Å². The minimum atomic E-state index is -1.20. The predicted octanol–water partition coefficient (Wildman–Crippen LogP) is 1.69. The molecule has 1 aromatic carbocycles. The minimum absolute atomic E-state index is 0.106. The molecule has 0 radical (unpaired) electrons. The molecule has 4 N–H and O–H groups in total. The second-order valence-corrected chi connectivity index (χ2v) is 13.7. The number of carbonyl (C=O) groups excluding carboxylic acids is 7. The van der Waals surface area contributed by atoms with Crippen LogP contribution in [0.4, 0.5) is 4.79 Å². The third-order valence-electron chi connectivity index (χ3n) is 7.73. The third kappa shape index (κ3) is 11.6. The summed E-state index contributed by atoms with van der Waals surface area (Å²) in [6.45, 7) is 10.8. The topological polar surface area (TPSA) is 183 Å². The van der Waals surface area contributed by atoms with Crippen molar-refractivity contribution in [3.05, 3.63) is 35.9 Å². The van der Waals surface area contributed by atoms with Crippen LogP contribution >= 0.6 is 0 Å². The third-order valence-corrected chi connectivity index (χ3v) is 7.73. The Morgan fingerprint density at radius 3 is 2.19 bits per heavy atom. The average Bonchev–Trinajstić information content (AvgIpc) is 3.53. The van der Waals surface area contributed by atoms with Crippen molar-refractivity contribution in [3.63, 3.8) is 0 Å². The fraction of sp³-hybridized carbons (Fsp3) is 0.618. The van der Waals surface area contributed by atoms with E-state index in [1.165, 1.54) is 9.80 Å². The van der Waals surface area contributed by atoms with Crippen molar-refractivity contribution in [2.24, 2.45) is 11.3 Å². The quantitative estimate of drug-likeness (QED) is 0.203. The Balaban J connectivity index is 2.08. The Hall–Kier alpha value is -4.49. The zero-order valence-electron chi connectivity index (χ0n) is 29.4. The number of benzene rings is 1. The number of likely N-dealkylation sites (N-methyl/N-ethyl adjacent to an activating group) is 1. The number of nitrogens with zero attached hydrogens (tertiary/aromatic N) is 2. The molecule has 0 aromatic heterocycles. The molecule has 4 atom stereocenters. The van der Waals surface area contributed by atoms with Gasteiger partial charge in [0, 0.05) is 20.6 Å². The van der Waals surface area contributed by atoms with E-state index in [9.17, 15) is 33.6 Å². The first-order valence-electron chi connectivity index (χ1n) is 16.4. The van der Waals surface area contributed by atoms with Gasteiger partial charge in [-0.25, -0.2) is 4.79 Å². The molecule has 0 bridgehead atoms. The SMILES string of the molecule is CCCC(NC(=O)C1CCCN1C(=O)[C@@H](NC(=O)OCC(C)C)C(C)(C)C)C(=O)C(=O)NCC(=O)N[C@H](C(=O)N(C)C)c1ccccc1. The van der Waals surface area contributed by atoms with Gasteiger partial charge in [-0.2, -0.15) is 0 Å². The lowest BCUT2D eigenvalue weighted by atomic mass is 9.85. The number of Topliss-reactive ketones (excluding diaryl/α,β-unsaturated/α-hetero) is 1. The number of likely N-dealkylation sites (tertiary alicyclic amines) is 1. The van der Waals surface area contributed by atoms with Crippen LogP contribution < -0.4 is 21.3 Å². The molecule has 2 unspecified atom stereocenters. The van der Waals surface area contributed by atoms with Crippen molar-refractivity contribution < 1.29 is 38.3 Å². The lowest BCUT2D eigenvalue weighted by molar-refractivity contribution is -0.144. The normalized spacial score (nSPS) is 16.3. The van der Waals surface area contributed by atoms with Crippen LogP contribution in [0.5, 0.6) is 0 Å². The molecule has 1 aromatic rings. The Morgan fingerprint density at radius 1 is 0.979 bits per heavy atom. The van der Waals surface area contributed by atoms with E-state index in [2.05, 4.69) is 21.3 Å². The van der Waals surface area contributed by atoms with Crippen LogP contribution in [0.15, 0.2) is 30.3 Å². The maximum absolute atomic E-state index is 13.7. The van der Waals surface area contributed by atoms with Crippen molar-refractivity contribution in [2.75, 3.05) is 33.8 Å². The molecular formula is C34H52N6O8. The van der Waals surface area contributed by atoms with Crippen molar-refractivity contribution in [3.8, 4) is 0 Å². The number of ketones is 1. The largest absolute Gasteiger partial charge is 0.449 e. The lowest BCUT2D eigenvalue weighted by Crippen LogP contribution is -2.59. The maximum atomic E-state index is 13.7. The molecule has 0 spiro atoms. The van der Waals surface area contributed by atoms with Crippen LogP contribution in [0, 0.1) is 11.3 Å². The molecule has 14 nitrogen and oxygen atoms in total. The summed E-state index contributed by atoms with van der Waals surface area (Å²) in [5.41, 5.74) is -0.156. The Morgan fingerprint density at radius 2 is 1.62 bits per heavy atom. The van der Waals surface area contributed by atoms with E-state index in [1.54, 1.807) is 72.1 Å². The van der Waals surface area contributed by atoms with E-state index in [0.29, 0.717) is 24.8 Å². The molecule has 2 rings (SSSR count). The molecule has 1 fully saturated rings. The van der Waals surface area contributed by atoms with E-state index in [1.807, 2.05) is 13.8 Å². The van der Waals surface area contributed by atoms with Gasteiger partial charge in [0.2, 0.25) is 29.4 Å². The van der Waals surface area contributed by atoms with Crippen LogP contribution in [-0.4, -0.2) is 103 Å². The average molecular weight is 673 g/mol. The summed E-state index contributed by atoms with van der Waals surface area (Å²) in [6.07, 6.45) is 0.732. The number of carbonyl (C=O) groups is 7. The highest BCUT2D eigenvalue weighted by Crippen LogP contribution is 2.26. The van der Waals surface area contributed by atoms with Crippen molar-refractivity contribution >= 4 is 41.4 Å². The zero-order chi connectivity index (χ0) is 36.2. The first-order chi connectivity index (χ1) is 22.5. The summed E-state index contributed by atoms with van der Waals surface area (Å²) in [5.74, 6) is -4.03. The van der Waals surface area contributed by atoms with Gasteiger partial charge >= 0.3 is 6.09 Å². The molecule has 14 heteroatoms. The molecule has 0 aliphatic carbocycles. The number of rotatable bonds is 15. The van der Waals surface area contributed by atoms with Crippen LogP contribution in [0.2, 0.25) is 0 Å². The second kappa shape index (κ2) is 18.2. The Labute approximate surface area is 283 Å². The maximum Gasteiger partial charge on any atom is 0.407 e. The summed E-state index contributed by atoms with van der Waals surface area (Å²) < 4.78 is 5.22. The van der Waals surface area contributed by atoms with E-state index >= 15 is 0 Å². The summed E-state index contributed by atoms with van der Waals surface area (Å²) in [6, 6.07) is 4.51. The van der Waals surface area contributed by atoms with E-state index < -0.39 is 71.6 Å². The summed E-state index contributed by atoms with van der Waals surface area (Å²) in [7, 11) is 3.11. The standard InChI is InChI=1S/C34H52N6O8/c1-9-14-23(27(42)30(44)35-19-25(41)37-26(31(45)39(7)8)22-15-11-10-12-16-22)36-29(43)24-17-13-18-40(24)32(46)28(34(4,5)6)38-33(47)48-20-21(2)3/h10-12,15-16,21,23-24,26,28H,9,13-14,17-20H2,1-8H3,(H,35,44)(H,36,43)(H,37,41)(H,38,47)/t23?,24?,26-,28+/m0/s1. The van der Waals surface area contributed by atoms with Crippen LogP contribution in [-0.2, 0) is 33.5 Å². The highest BCUT2D eigenvalue weighted by atomic mass is 16.5. The van der Waals surface area contributed by atoms with Gasteiger partial charge in [-0.1, -0.05) is 78.3 Å². The van der Waals surface area contributed by atoms with Crippen molar-refractivity contribution in [2.45, 2.75) is 91.4 Å². The number of nitrogens with one attached hydrogen (secondary N) is 4. The molecule has 266 valence electrons. The zero-order valence-corrected chi connectivity index (χ0v) is 29.4. The smallest absolute Gasteiger partial charge is 0.407 e. The van der Waals surface area contributed by atoms with Gasteiger partial charge in [-0.15, -0.1) is 0 Å². The molecular weight excluding hydrogens is 620 g/mol. The first-order valence-corrected chi connectivity index (χ1v) is 16.4. The highest BCUT2D eigenvalue weighted by molar-refractivity contribution is 6.38. The predicted molar refractivity (Wildman–Crippen MR) is 178 cm³/mol. The monoisotopic (exact) mass is 672 g/mol. The first kappa shape index (κ1) is 39.7. The molecule has 1 heterocycles. The molecule has 1 aliphatic rings. The molecule has 1 saturated heterocycles. The van der Waals surface area contributed by atoms with Crippen molar-refractivity contribution in [1.82, 2.24) is 31.1 Å². The number of alkyl carbamates (subject to hydrolysis) is 1. The summed E-state index contributed by atoms with van der Waals surface area (Å²) >= 11 is 0. The van der Waals surface area contributed by atoms with Crippen LogP contribution in [0.3, 0.4) is 0 Å². The number of hydrogen-bond donors (Lipinski definition) is 4. The minimum Gasteiger partial charge on any atom is -0.449 e. The summed E-state index contributed by atoms with van der Waals surface area (Å²) in [4.78, 5) is 93.9. The van der Waals surface area contributed by atoms with Gasteiger partial charge in [0.25, 0.3) is 5.91 Å². The van der Waals surface area contributed by atoms with Gasteiger partial charge < -0.3 is 35.8 Å². The lowest BCUT2D eigenvalue weighted by Gasteiger charge is -2.35. The van der Waals surface area contributed by atoms with Crippen LogP contribution in [0.1, 0.15) is 78.8 Å². The Bertz CT molecular complexity index is 1310.